The van der Waals surface area contributed by atoms with Gasteiger partial charge in [-0.1, -0.05) is 66.4 Å². The maximum Gasteiger partial charge on any atom is 0.338 e. The minimum atomic E-state index is -1.47. The van der Waals surface area contributed by atoms with E-state index in [4.69, 9.17) is 18.9 Å². The van der Waals surface area contributed by atoms with Crippen molar-refractivity contribution in [3.05, 3.63) is 102 Å². The summed E-state index contributed by atoms with van der Waals surface area (Å²) < 4.78 is 23.0. The van der Waals surface area contributed by atoms with Crippen molar-refractivity contribution >= 4 is 29.7 Å². The third-order valence-electron chi connectivity index (χ3n) is 5.85. The third kappa shape index (κ3) is 7.67. The van der Waals surface area contributed by atoms with Crippen molar-refractivity contribution in [3.8, 4) is 0 Å². The summed E-state index contributed by atoms with van der Waals surface area (Å²) in [4.78, 5) is 39.0. The van der Waals surface area contributed by atoms with Crippen LogP contribution >= 0.6 is 11.8 Å². The monoisotopic (exact) mass is 551 g/mol. The Hall–Kier alpha value is -3.70. The maximum atomic E-state index is 13.1. The summed E-state index contributed by atoms with van der Waals surface area (Å²) in [5.74, 6) is -1.93. The zero-order valence-electron chi connectivity index (χ0n) is 21.2. The van der Waals surface area contributed by atoms with Gasteiger partial charge in [-0.05, 0) is 43.4 Å². The third-order valence-corrected chi connectivity index (χ3v) is 7.00. The van der Waals surface area contributed by atoms with Crippen LogP contribution in [0.2, 0.25) is 0 Å². The van der Waals surface area contributed by atoms with E-state index in [9.17, 15) is 19.5 Å². The van der Waals surface area contributed by atoms with E-state index in [1.807, 2.05) is 30.3 Å². The van der Waals surface area contributed by atoms with Crippen LogP contribution in [-0.2, 0) is 23.7 Å². The first kappa shape index (κ1) is 28.3. The lowest BCUT2D eigenvalue weighted by Crippen LogP contribution is -2.60. The van der Waals surface area contributed by atoms with Gasteiger partial charge in [-0.3, -0.25) is 4.79 Å². The number of hydrogen-bond acceptors (Lipinski definition) is 10. The molecule has 0 saturated carbocycles. The fourth-order valence-corrected chi connectivity index (χ4v) is 5.04. The Labute approximate surface area is 230 Å². The normalized spacial score (nSPS) is 22.5. The van der Waals surface area contributed by atoms with Crippen LogP contribution in [-0.4, -0.2) is 73.1 Å². The second kappa shape index (κ2) is 13.9. The average molecular weight is 552 g/mol. The van der Waals surface area contributed by atoms with E-state index in [1.165, 1.54) is 11.8 Å². The van der Waals surface area contributed by atoms with E-state index >= 15 is 0 Å². The Morgan fingerprint density at radius 1 is 0.821 bits per heavy atom. The highest BCUT2D eigenvalue weighted by molar-refractivity contribution is 7.99. The zero-order chi connectivity index (χ0) is 27.6. The van der Waals surface area contributed by atoms with Gasteiger partial charge in [0.05, 0.1) is 17.7 Å². The van der Waals surface area contributed by atoms with Gasteiger partial charge in [-0.15, -0.1) is 0 Å². The molecular weight excluding hydrogens is 522 g/mol. The smallest absolute Gasteiger partial charge is 0.338 e. The predicted octanol–water partition coefficient (Wildman–Crippen LogP) is 3.08. The van der Waals surface area contributed by atoms with Gasteiger partial charge in [0, 0.05) is 4.90 Å². The van der Waals surface area contributed by atoms with Crippen LogP contribution in [0.15, 0.2) is 95.9 Å². The number of ether oxygens (including phenoxy) is 4. The van der Waals surface area contributed by atoms with E-state index in [0.29, 0.717) is 0 Å². The van der Waals surface area contributed by atoms with Crippen LogP contribution in [0, 0.1) is 0 Å². The fourth-order valence-electron chi connectivity index (χ4n) is 3.92. The highest BCUT2D eigenvalue weighted by atomic mass is 32.2. The van der Waals surface area contributed by atoms with Gasteiger partial charge >= 0.3 is 17.9 Å². The number of benzene rings is 3. The molecule has 9 nitrogen and oxygen atoms in total. The second-order valence-corrected chi connectivity index (χ2v) is 9.82. The molecule has 0 amide bonds. The van der Waals surface area contributed by atoms with Crippen LogP contribution in [0.3, 0.4) is 0 Å². The highest BCUT2D eigenvalue weighted by Crippen LogP contribution is 2.37. The SMILES string of the molecule is CNCC(=O)OCC1O[C@@H](Sc2ccccc2)C(OC(=O)c2ccccc2)C(OC(=O)c2ccccc2)[C@H]1O. The van der Waals surface area contributed by atoms with Crippen molar-refractivity contribution in [2.75, 3.05) is 20.2 Å². The molecule has 1 fully saturated rings. The van der Waals surface area contributed by atoms with Crippen LogP contribution in [0.5, 0.6) is 0 Å². The second-order valence-electron chi connectivity index (χ2n) is 8.65. The van der Waals surface area contributed by atoms with Crippen LogP contribution in [0.25, 0.3) is 0 Å². The molecule has 1 heterocycles. The molecule has 3 unspecified atom stereocenters. The van der Waals surface area contributed by atoms with Gasteiger partial charge in [0.25, 0.3) is 0 Å². The first-order chi connectivity index (χ1) is 19.0. The topological polar surface area (TPSA) is 120 Å². The summed E-state index contributed by atoms with van der Waals surface area (Å²) >= 11 is 1.23. The number of carbonyl (C=O) groups excluding carboxylic acids is 3. The number of esters is 3. The summed E-state index contributed by atoms with van der Waals surface area (Å²) in [6.07, 6.45) is -5.06. The number of aliphatic hydroxyl groups excluding tert-OH is 1. The van der Waals surface area contributed by atoms with Crippen molar-refractivity contribution in [1.29, 1.82) is 0 Å². The van der Waals surface area contributed by atoms with Gasteiger partial charge in [0.1, 0.15) is 24.3 Å². The van der Waals surface area contributed by atoms with Crippen LogP contribution < -0.4 is 5.32 Å². The number of rotatable bonds is 10. The minimum Gasteiger partial charge on any atom is -0.462 e. The molecule has 39 heavy (non-hydrogen) atoms. The lowest BCUT2D eigenvalue weighted by Gasteiger charge is -2.43. The van der Waals surface area contributed by atoms with Gasteiger partial charge in [-0.25, -0.2) is 9.59 Å². The van der Waals surface area contributed by atoms with E-state index in [1.54, 1.807) is 67.7 Å². The molecule has 1 aliphatic rings. The van der Waals surface area contributed by atoms with E-state index in [-0.39, 0.29) is 24.3 Å². The van der Waals surface area contributed by atoms with Gasteiger partial charge < -0.3 is 29.4 Å². The number of likely N-dealkylation sites (N-methyl/N-ethyl adjacent to an activating group) is 1. The molecular formula is C29H29NO8S. The molecule has 3 aromatic rings. The Kier molecular flexibility index (Phi) is 10.1. The Balaban J connectivity index is 1.65. The van der Waals surface area contributed by atoms with Crippen LogP contribution in [0.1, 0.15) is 20.7 Å². The molecule has 0 spiro atoms. The molecule has 0 radical (unpaired) electrons. The number of nitrogens with one attached hydrogen (secondary N) is 1. The highest BCUT2D eigenvalue weighted by Gasteiger charge is 2.50. The van der Waals surface area contributed by atoms with Crippen LogP contribution in [0.4, 0.5) is 0 Å². The lowest BCUT2D eigenvalue weighted by atomic mass is 9.99. The molecule has 0 aliphatic carbocycles. The zero-order valence-corrected chi connectivity index (χ0v) is 22.0. The maximum absolute atomic E-state index is 13.1. The molecule has 2 N–H and O–H groups in total. The van der Waals surface area contributed by atoms with Crippen molar-refractivity contribution in [2.45, 2.75) is 34.7 Å². The predicted molar refractivity (Wildman–Crippen MR) is 143 cm³/mol. The molecule has 4 rings (SSSR count). The van der Waals surface area contributed by atoms with Crippen molar-refractivity contribution < 1.29 is 38.4 Å². The molecule has 10 heteroatoms. The molecule has 5 atom stereocenters. The van der Waals surface area contributed by atoms with Gasteiger partial charge in [0.2, 0.25) is 0 Å². The molecule has 0 bridgehead atoms. The Morgan fingerprint density at radius 3 is 1.87 bits per heavy atom. The summed E-state index contributed by atoms with van der Waals surface area (Å²) in [5, 5.41) is 14.0. The number of thioether (sulfide) groups is 1. The van der Waals surface area contributed by atoms with Crippen molar-refractivity contribution in [1.82, 2.24) is 5.32 Å². The van der Waals surface area contributed by atoms with E-state index < -0.39 is 47.8 Å². The summed E-state index contributed by atoms with van der Waals surface area (Å²) in [6.45, 7) is -0.332. The molecule has 204 valence electrons. The molecule has 1 saturated heterocycles. The summed E-state index contributed by atoms with van der Waals surface area (Å²) in [5.41, 5.74) is -0.370. The fraction of sp³-hybridized carbons (Fsp3) is 0.276. The van der Waals surface area contributed by atoms with Crippen molar-refractivity contribution in [2.24, 2.45) is 0 Å². The van der Waals surface area contributed by atoms with Gasteiger partial charge in [0.15, 0.2) is 12.2 Å². The van der Waals surface area contributed by atoms with E-state index in [0.717, 1.165) is 4.90 Å². The first-order valence-corrected chi connectivity index (χ1v) is 13.2. The number of aliphatic hydroxyl groups is 1. The number of carbonyl (C=O) groups is 3. The lowest BCUT2D eigenvalue weighted by molar-refractivity contribution is -0.210. The van der Waals surface area contributed by atoms with Gasteiger partial charge in [-0.2, -0.15) is 0 Å². The van der Waals surface area contributed by atoms with Crippen molar-refractivity contribution in [3.63, 3.8) is 0 Å². The quantitative estimate of drug-likeness (QED) is 0.287. The molecule has 3 aromatic carbocycles. The molecule has 0 aromatic heterocycles. The first-order valence-electron chi connectivity index (χ1n) is 12.3. The Bertz CT molecular complexity index is 1230. The number of hydrogen-bond donors (Lipinski definition) is 2. The minimum absolute atomic E-state index is 0.0330. The average Bonchev–Trinajstić information content (AvgIpc) is 2.97. The summed E-state index contributed by atoms with van der Waals surface area (Å²) in [7, 11) is 1.60. The standard InChI is InChI=1S/C29H29NO8S/c1-30-17-23(31)35-18-22-24(32)25(37-27(33)19-11-5-2-6-12-19)26(38-28(34)20-13-7-3-8-14-20)29(36-22)39-21-15-9-4-10-16-21/h2-16,22,24-26,29-30,32H,17-18H2,1H3/t22?,24-,25?,26?,29-/m0/s1. The summed E-state index contributed by atoms with van der Waals surface area (Å²) in [6, 6.07) is 25.9. The Morgan fingerprint density at radius 2 is 1.33 bits per heavy atom. The van der Waals surface area contributed by atoms with E-state index in [2.05, 4.69) is 5.32 Å². The molecule has 1 aliphatic heterocycles. The largest absolute Gasteiger partial charge is 0.462 e.